The molecule has 0 radical (unpaired) electrons. The Labute approximate surface area is 189 Å². The Morgan fingerprint density at radius 1 is 1.12 bits per heavy atom. The highest BCUT2D eigenvalue weighted by Gasteiger charge is 2.32. The summed E-state index contributed by atoms with van der Waals surface area (Å²) in [6, 6.07) is 10.0. The lowest BCUT2D eigenvalue weighted by Crippen LogP contribution is -2.34. The van der Waals surface area contributed by atoms with Crippen LogP contribution in [0, 0.1) is 11.7 Å². The Kier molecular flexibility index (Phi) is 7.40. The second kappa shape index (κ2) is 9.87. The Morgan fingerprint density at radius 2 is 1.78 bits per heavy atom. The van der Waals surface area contributed by atoms with E-state index in [1.54, 1.807) is 12.1 Å². The van der Waals surface area contributed by atoms with Gasteiger partial charge in [-0.1, -0.05) is 0 Å². The van der Waals surface area contributed by atoms with Crippen molar-refractivity contribution in [2.45, 2.75) is 44.2 Å². The summed E-state index contributed by atoms with van der Waals surface area (Å²) < 4.78 is 41.6. The molecule has 0 unspecified atom stereocenters. The molecule has 2 N–H and O–H groups in total. The quantitative estimate of drug-likeness (QED) is 0.590. The highest BCUT2D eigenvalue weighted by molar-refractivity contribution is 7.89. The fourth-order valence-electron chi connectivity index (χ4n) is 3.44. The van der Waals surface area contributed by atoms with Gasteiger partial charge in [-0.2, -0.15) is 4.31 Å². The number of anilines is 2. The van der Waals surface area contributed by atoms with Crippen LogP contribution in [0.1, 0.15) is 32.3 Å². The van der Waals surface area contributed by atoms with Gasteiger partial charge in [0.15, 0.2) is 0 Å². The molecular weight excluding hydrogens is 431 g/mol. The molecule has 0 atom stereocenters. The molecule has 0 heterocycles. The Hall–Kier alpha value is -2.65. The van der Waals surface area contributed by atoms with Crippen molar-refractivity contribution in [1.82, 2.24) is 9.62 Å². The lowest BCUT2D eigenvalue weighted by atomic mass is 10.1. The average molecular weight is 463 g/mol. The Morgan fingerprint density at radius 3 is 2.34 bits per heavy atom. The normalized spacial score (nSPS) is 14.0. The second-order valence-electron chi connectivity index (χ2n) is 8.69. The predicted octanol–water partition coefficient (Wildman–Crippen LogP) is 4.02. The van der Waals surface area contributed by atoms with Crippen molar-refractivity contribution in [3.8, 4) is 0 Å². The summed E-state index contributed by atoms with van der Waals surface area (Å²) in [4.78, 5) is 14.1. The average Bonchev–Trinajstić information content (AvgIpc) is 3.51. The number of sulfonamides is 1. The van der Waals surface area contributed by atoms with Gasteiger partial charge < -0.3 is 15.5 Å². The molecule has 1 aliphatic carbocycles. The predicted molar refractivity (Wildman–Crippen MR) is 125 cm³/mol. The maximum Gasteiger partial charge on any atom is 0.319 e. The van der Waals surface area contributed by atoms with Crippen molar-refractivity contribution in [2.75, 3.05) is 30.9 Å². The third kappa shape index (κ3) is 6.20. The molecule has 0 spiro atoms. The zero-order chi connectivity index (χ0) is 23.5. The number of hydrogen-bond donors (Lipinski definition) is 2. The van der Waals surface area contributed by atoms with Crippen LogP contribution >= 0.6 is 0 Å². The lowest BCUT2D eigenvalue weighted by molar-refractivity contribution is 0.250. The van der Waals surface area contributed by atoms with E-state index in [9.17, 15) is 17.6 Å². The molecule has 174 valence electrons. The number of hydrogen-bond acceptors (Lipinski definition) is 4. The van der Waals surface area contributed by atoms with Crippen LogP contribution in [0.3, 0.4) is 0 Å². The fraction of sp³-hybridized carbons (Fsp3) is 0.435. The van der Waals surface area contributed by atoms with Crippen LogP contribution in [0.25, 0.3) is 0 Å². The van der Waals surface area contributed by atoms with Gasteiger partial charge in [0.2, 0.25) is 10.0 Å². The van der Waals surface area contributed by atoms with Crippen LogP contribution in [0.15, 0.2) is 47.4 Å². The summed E-state index contributed by atoms with van der Waals surface area (Å²) in [6.45, 7) is 4.29. The second-order valence-corrected chi connectivity index (χ2v) is 10.6. The van der Waals surface area contributed by atoms with Crippen molar-refractivity contribution >= 4 is 27.4 Å². The molecule has 0 aliphatic heterocycles. The lowest BCUT2D eigenvalue weighted by Gasteiger charge is -2.26. The molecule has 1 saturated carbocycles. The van der Waals surface area contributed by atoms with E-state index < -0.39 is 15.8 Å². The molecular formula is C23H31FN4O3S. The van der Waals surface area contributed by atoms with Gasteiger partial charge in [0.1, 0.15) is 5.82 Å². The minimum atomic E-state index is -3.82. The fourth-order valence-corrected chi connectivity index (χ4v) is 4.93. The molecule has 1 aliphatic rings. The maximum absolute atomic E-state index is 13.4. The Bertz CT molecular complexity index is 1050. The van der Waals surface area contributed by atoms with Crippen LogP contribution in [0.4, 0.5) is 20.6 Å². The number of benzene rings is 2. The summed E-state index contributed by atoms with van der Waals surface area (Å²) in [6.07, 6.45) is 1.99. The molecule has 3 rings (SSSR count). The van der Waals surface area contributed by atoms with Crippen molar-refractivity contribution in [1.29, 1.82) is 0 Å². The van der Waals surface area contributed by atoms with Crippen LogP contribution in [0.5, 0.6) is 0 Å². The van der Waals surface area contributed by atoms with Gasteiger partial charge >= 0.3 is 6.03 Å². The first-order valence-electron chi connectivity index (χ1n) is 10.7. The van der Waals surface area contributed by atoms with Gasteiger partial charge in [-0.05, 0) is 80.6 Å². The summed E-state index contributed by atoms with van der Waals surface area (Å²) >= 11 is 0. The number of halogens is 1. The largest absolute Gasteiger partial charge is 0.377 e. The summed E-state index contributed by atoms with van der Waals surface area (Å²) in [5.41, 5.74) is 2.20. The van der Waals surface area contributed by atoms with Crippen molar-refractivity contribution in [2.24, 2.45) is 5.92 Å². The number of carbonyl (C=O) groups excluding carboxylic acids is 1. The zero-order valence-corrected chi connectivity index (χ0v) is 19.7. The van der Waals surface area contributed by atoms with Crippen LogP contribution in [-0.4, -0.2) is 45.4 Å². The molecule has 2 aromatic rings. The molecule has 0 saturated heterocycles. The third-order valence-corrected chi connectivity index (χ3v) is 7.02. The SMILES string of the molecule is CC(C)NC(=O)Nc1ccc(N(C)C)c(CN(CC2CC2)S(=O)(=O)c2ccc(F)cc2)c1. The summed E-state index contributed by atoms with van der Waals surface area (Å²) in [7, 11) is -0.0449. The summed E-state index contributed by atoms with van der Waals surface area (Å²) in [5.74, 6) is -0.155. The molecule has 0 aromatic heterocycles. The number of urea groups is 1. The smallest absolute Gasteiger partial charge is 0.319 e. The highest BCUT2D eigenvalue weighted by Crippen LogP contribution is 2.34. The number of nitrogens with zero attached hydrogens (tertiary/aromatic N) is 2. The minimum Gasteiger partial charge on any atom is -0.377 e. The van der Waals surface area contributed by atoms with E-state index in [0.717, 1.165) is 36.2 Å². The van der Waals surface area contributed by atoms with Crippen molar-refractivity contribution in [3.05, 3.63) is 53.8 Å². The van der Waals surface area contributed by atoms with Crippen molar-refractivity contribution in [3.63, 3.8) is 0 Å². The maximum atomic E-state index is 13.4. The number of nitrogens with one attached hydrogen (secondary N) is 2. The minimum absolute atomic E-state index is 0.00888. The van der Waals surface area contributed by atoms with Gasteiger partial charge in [-0.15, -0.1) is 0 Å². The molecule has 1 fully saturated rings. The van der Waals surface area contributed by atoms with Crippen LogP contribution in [-0.2, 0) is 16.6 Å². The van der Waals surface area contributed by atoms with E-state index in [-0.39, 0.29) is 23.5 Å². The van der Waals surface area contributed by atoms with Crippen molar-refractivity contribution < 1.29 is 17.6 Å². The van der Waals surface area contributed by atoms with Gasteiger partial charge in [-0.25, -0.2) is 17.6 Å². The first-order valence-corrected chi connectivity index (χ1v) is 12.1. The van der Waals surface area contributed by atoms with Gasteiger partial charge in [0, 0.05) is 44.6 Å². The molecule has 2 aromatic carbocycles. The highest BCUT2D eigenvalue weighted by atomic mass is 32.2. The van der Waals surface area contributed by atoms with E-state index in [1.165, 1.54) is 16.4 Å². The molecule has 7 nitrogen and oxygen atoms in total. The topological polar surface area (TPSA) is 81.8 Å². The number of carbonyl (C=O) groups is 1. The van der Waals surface area contributed by atoms with E-state index in [0.29, 0.717) is 18.2 Å². The van der Waals surface area contributed by atoms with Gasteiger partial charge in [-0.3, -0.25) is 0 Å². The van der Waals surface area contributed by atoms with Gasteiger partial charge in [0.25, 0.3) is 0 Å². The zero-order valence-electron chi connectivity index (χ0n) is 18.9. The molecule has 32 heavy (non-hydrogen) atoms. The summed E-state index contributed by atoms with van der Waals surface area (Å²) in [5, 5.41) is 5.58. The molecule has 9 heteroatoms. The van der Waals surface area contributed by atoms with E-state index in [4.69, 9.17) is 0 Å². The standard InChI is InChI=1S/C23H31FN4O3S/c1-16(2)25-23(29)26-20-9-12-22(27(3)4)18(13-20)15-28(14-17-5-6-17)32(30,31)21-10-7-19(24)8-11-21/h7-13,16-17H,5-6,14-15H2,1-4H3,(H2,25,26,29). The van der Waals surface area contributed by atoms with E-state index in [2.05, 4.69) is 10.6 Å². The van der Waals surface area contributed by atoms with Crippen LogP contribution in [0.2, 0.25) is 0 Å². The molecule has 2 amide bonds. The van der Waals surface area contributed by atoms with E-state index >= 15 is 0 Å². The monoisotopic (exact) mass is 462 g/mol. The first-order chi connectivity index (χ1) is 15.1. The van der Waals surface area contributed by atoms with Gasteiger partial charge in [0.05, 0.1) is 4.90 Å². The van der Waals surface area contributed by atoms with E-state index in [1.807, 2.05) is 38.9 Å². The Balaban J connectivity index is 1.92. The first kappa shape index (κ1) is 24.0. The molecule has 0 bridgehead atoms. The number of amides is 2. The number of rotatable bonds is 9. The van der Waals surface area contributed by atoms with Crippen LogP contribution < -0.4 is 15.5 Å². The third-order valence-electron chi connectivity index (χ3n) is 5.20.